The molecule has 0 spiro atoms. The van der Waals surface area contributed by atoms with Crippen LogP contribution < -0.4 is 10.0 Å². The summed E-state index contributed by atoms with van der Waals surface area (Å²) in [6.45, 7) is 0.180. The lowest BCUT2D eigenvalue weighted by molar-refractivity contribution is -0.117. The average molecular weight is 413 g/mol. The lowest BCUT2D eigenvalue weighted by Crippen LogP contribution is -2.23. The Bertz CT molecular complexity index is 960. The van der Waals surface area contributed by atoms with Crippen LogP contribution in [0.15, 0.2) is 53.4 Å². The molecule has 0 bridgehead atoms. The van der Waals surface area contributed by atoms with Crippen LogP contribution in [-0.4, -0.2) is 14.3 Å². The molecule has 29 heavy (non-hydrogen) atoms. The van der Waals surface area contributed by atoms with E-state index in [0.717, 1.165) is 18.4 Å². The van der Waals surface area contributed by atoms with Gasteiger partial charge < -0.3 is 5.32 Å². The summed E-state index contributed by atoms with van der Waals surface area (Å²) in [7, 11) is -3.58. The van der Waals surface area contributed by atoms with Crippen LogP contribution in [0.1, 0.15) is 62.0 Å². The average Bonchev–Trinajstić information content (AvgIpc) is 3.59. The van der Waals surface area contributed by atoms with Crippen LogP contribution in [0.5, 0.6) is 0 Å². The maximum atomic E-state index is 12.7. The van der Waals surface area contributed by atoms with Gasteiger partial charge in [0.25, 0.3) is 0 Å². The van der Waals surface area contributed by atoms with Crippen LogP contribution in [0.3, 0.4) is 0 Å². The number of sulfonamides is 1. The van der Waals surface area contributed by atoms with Gasteiger partial charge in [0.05, 0.1) is 4.90 Å². The fraction of sp³-hybridized carbons (Fsp3) is 0.435. The summed E-state index contributed by atoms with van der Waals surface area (Å²) in [6.07, 6.45) is 8.10. The Hall–Kier alpha value is -2.18. The van der Waals surface area contributed by atoms with Gasteiger partial charge in [-0.25, -0.2) is 13.1 Å². The summed E-state index contributed by atoms with van der Waals surface area (Å²) in [6, 6.07) is 14.6. The van der Waals surface area contributed by atoms with Gasteiger partial charge in [-0.1, -0.05) is 43.5 Å². The molecule has 2 N–H and O–H groups in total. The molecule has 6 heteroatoms. The Kier molecular flexibility index (Phi) is 6.01. The molecule has 4 rings (SSSR count). The van der Waals surface area contributed by atoms with Crippen LogP contribution >= 0.6 is 0 Å². The van der Waals surface area contributed by atoms with Gasteiger partial charge in [-0.05, 0) is 67.0 Å². The largest absolute Gasteiger partial charge is 0.326 e. The van der Waals surface area contributed by atoms with E-state index in [-0.39, 0.29) is 23.3 Å². The molecule has 0 atom stereocenters. The van der Waals surface area contributed by atoms with E-state index in [1.54, 1.807) is 12.1 Å². The van der Waals surface area contributed by atoms with Crippen LogP contribution in [0, 0.1) is 5.92 Å². The molecular formula is C23H28N2O3S. The Labute approximate surface area is 173 Å². The summed E-state index contributed by atoms with van der Waals surface area (Å²) in [5.41, 5.74) is 2.75. The van der Waals surface area contributed by atoms with Gasteiger partial charge in [0, 0.05) is 18.2 Å². The molecule has 2 aromatic carbocycles. The van der Waals surface area contributed by atoms with Gasteiger partial charge in [-0.15, -0.1) is 0 Å². The first-order valence-corrected chi connectivity index (χ1v) is 12.0. The van der Waals surface area contributed by atoms with Crippen molar-refractivity contribution in [1.82, 2.24) is 4.72 Å². The van der Waals surface area contributed by atoms with Crippen molar-refractivity contribution in [2.45, 2.75) is 62.3 Å². The van der Waals surface area contributed by atoms with Crippen molar-refractivity contribution in [1.29, 1.82) is 0 Å². The molecule has 2 aliphatic carbocycles. The first-order chi connectivity index (χ1) is 14.0. The molecule has 0 saturated heterocycles. The lowest BCUT2D eigenvalue weighted by Gasteiger charge is -2.22. The van der Waals surface area contributed by atoms with E-state index in [9.17, 15) is 13.2 Å². The molecular weight excluding hydrogens is 384 g/mol. The zero-order valence-electron chi connectivity index (χ0n) is 16.6. The molecule has 2 fully saturated rings. The number of rotatable bonds is 7. The van der Waals surface area contributed by atoms with E-state index in [2.05, 4.69) is 10.0 Å². The smallest absolute Gasteiger partial charge is 0.240 e. The standard InChI is InChI=1S/C23H28N2O3S/c26-23(20-9-10-20)25-21-8-4-5-17(15-21)16-24-29(27,28)22-13-11-19(12-14-22)18-6-2-1-3-7-18/h4-5,8,11-15,18,20,24H,1-3,6-7,9-10,16H2,(H,25,26). The van der Waals surface area contributed by atoms with E-state index >= 15 is 0 Å². The van der Waals surface area contributed by atoms with Gasteiger partial charge in [0.2, 0.25) is 15.9 Å². The molecule has 2 aliphatic rings. The second kappa shape index (κ2) is 8.67. The van der Waals surface area contributed by atoms with Crippen molar-refractivity contribution in [2.24, 2.45) is 5.92 Å². The Morgan fingerprint density at radius 2 is 1.66 bits per heavy atom. The van der Waals surface area contributed by atoms with Crippen molar-refractivity contribution in [2.75, 3.05) is 5.32 Å². The number of hydrogen-bond donors (Lipinski definition) is 2. The molecule has 0 radical (unpaired) electrons. The van der Waals surface area contributed by atoms with Gasteiger partial charge in [0.15, 0.2) is 0 Å². The minimum absolute atomic E-state index is 0.0424. The second-order valence-corrected chi connectivity index (χ2v) is 9.96. The first-order valence-electron chi connectivity index (χ1n) is 10.5. The fourth-order valence-electron chi connectivity index (χ4n) is 3.97. The number of carbonyl (C=O) groups is 1. The minimum Gasteiger partial charge on any atom is -0.326 e. The molecule has 154 valence electrons. The second-order valence-electron chi connectivity index (χ2n) is 8.19. The number of carbonyl (C=O) groups excluding carboxylic acids is 1. The first kappa shape index (κ1) is 20.1. The highest BCUT2D eigenvalue weighted by atomic mass is 32.2. The molecule has 1 amide bonds. The number of nitrogens with one attached hydrogen (secondary N) is 2. The number of hydrogen-bond acceptors (Lipinski definition) is 3. The number of amides is 1. The van der Waals surface area contributed by atoms with Crippen molar-refractivity contribution in [3.63, 3.8) is 0 Å². The van der Waals surface area contributed by atoms with E-state index in [1.807, 2.05) is 36.4 Å². The SMILES string of the molecule is O=C(Nc1cccc(CNS(=O)(=O)c2ccc(C3CCCCC3)cc2)c1)C1CC1. The zero-order valence-corrected chi connectivity index (χ0v) is 17.4. The van der Waals surface area contributed by atoms with E-state index < -0.39 is 10.0 Å². The third-order valence-electron chi connectivity index (χ3n) is 5.88. The van der Waals surface area contributed by atoms with Crippen molar-refractivity contribution >= 4 is 21.6 Å². The highest BCUT2D eigenvalue weighted by Gasteiger charge is 2.29. The third kappa shape index (κ3) is 5.25. The molecule has 0 heterocycles. The van der Waals surface area contributed by atoms with Crippen molar-refractivity contribution in [3.05, 3.63) is 59.7 Å². The van der Waals surface area contributed by atoms with Crippen molar-refractivity contribution in [3.8, 4) is 0 Å². The topological polar surface area (TPSA) is 75.3 Å². The van der Waals surface area contributed by atoms with E-state index in [4.69, 9.17) is 0 Å². The van der Waals surface area contributed by atoms with E-state index in [0.29, 0.717) is 11.6 Å². The minimum atomic E-state index is -3.58. The van der Waals surface area contributed by atoms with Crippen molar-refractivity contribution < 1.29 is 13.2 Å². The summed E-state index contributed by atoms with van der Waals surface area (Å²) in [4.78, 5) is 12.2. The quantitative estimate of drug-likeness (QED) is 0.700. The summed E-state index contributed by atoms with van der Waals surface area (Å²) >= 11 is 0. The monoisotopic (exact) mass is 412 g/mol. The summed E-state index contributed by atoms with van der Waals surface area (Å²) in [5, 5.41) is 2.89. The van der Waals surface area contributed by atoms with Crippen LogP contribution in [0.2, 0.25) is 0 Å². The Morgan fingerprint density at radius 1 is 0.931 bits per heavy atom. The summed E-state index contributed by atoms with van der Waals surface area (Å²) < 4.78 is 28.0. The van der Waals surface area contributed by atoms with Gasteiger partial charge in [0.1, 0.15) is 0 Å². The Balaban J connectivity index is 1.37. The Morgan fingerprint density at radius 3 is 2.34 bits per heavy atom. The molecule has 5 nitrogen and oxygen atoms in total. The zero-order chi connectivity index (χ0) is 20.3. The highest BCUT2D eigenvalue weighted by Crippen LogP contribution is 2.33. The number of benzene rings is 2. The maximum absolute atomic E-state index is 12.7. The molecule has 2 saturated carbocycles. The molecule has 2 aromatic rings. The third-order valence-corrected chi connectivity index (χ3v) is 7.29. The molecule has 0 aliphatic heterocycles. The molecule has 0 unspecified atom stereocenters. The van der Waals surface area contributed by atoms with E-state index in [1.165, 1.54) is 37.7 Å². The summed E-state index contributed by atoms with van der Waals surface area (Å²) in [5.74, 6) is 0.733. The van der Waals surface area contributed by atoms with Gasteiger partial charge in [-0.3, -0.25) is 4.79 Å². The molecule has 0 aromatic heterocycles. The predicted octanol–water partition coefficient (Wildman–Crippen LogP) is 4.56. The van der Waals surface area contributed by atoms with Crippen LogP contribution in [0.4, 0.5) is 5.69 Å². The van der Waals surface area contributed by atoms with Crippen LogP contribution in [-0.2, 0) is 21.4 Å². The highest BCUT2D eigenvalue weighted by molar-refractivity contribution is 7.89. The maximum Gasteiger partial charge on any atom is 0.240 e. The fourth-order valence-corrected chi connectivity index (χ4v) is 4.98. The van der Waals surface area contributed by atoms with Crippen LogP contribution in [0.25, 0.3) is 0 Å². The van der Waals surface area contributed by atoms with Gasteiger partial charge in [-0.2, -0.15) is 0 Å². The normalized spacial score (nSPS) is 17.8. The predicted molar refractivity (Wildman–Crippen MR) is 114 cm³/mol. The van der Waals surface area contributed by atoms with Gasteiger partial charge >= 0.3 is 0 Å². The lowest BCUT2D eigenvalue weighted by atomic mass is 9.84. The number of anilines is 1.